The molecule has 0 aromatic heterocycles. The second-order valence-corrected chi connectivity index (χ2v) is 15.6. The molecular weight excluding hydrogens is 351 g/mol. The maximum atomic E-state index is 6.82. The topological polar surface area (TPSA) is 27.7 Å². The Bertz CT molecular complexity index is 546. The molecule has 2 fully saturated rings. The summed E-state index contributed by atoms with van der Waals surface area (Å²) in [6.07, 6.45) is 10.0. The Labute approximate surface area is 169 Å². The van der Waals surface area contributed by atoms with E-state index in [9.17, 15) is 0 Å². The van der Waals surface area contributed by atoms with Gasteiger partial charge in [-0.2, -0.15) is 0 Å². The fourth-order valence-corrected chi connectivity index (χ4v) is 4.99. The summed E-state index contributed by atoms with van der Waals surface area (Å²) in [7, 11) is -1.97. The van der Waals surface area contributed by atoms with Crippen LogP contribution in [0.1, 0.15) is 61.3 Å². The minimum Gasteiger partial charge on any atom is -0.413 e. The minimum absolute atomic E-state index is 0.164. The minimum atomic E-state index is -1.80. The molecule has 1 aliphatic carbocycles. The van der Waals surface area contributed by atoms with Crippen LogP contribution in [0.2, 0.25) is 24.5 Å². The molecule has 3 atom stereocenters. The highest BCUT2D eigenvalue weighted by Crippen LogP contribution is 2.43. The van der Waals surface area contributed by atoms with E-state index in [0.29, 0.717) is 11.8 Å². The van der Waals surface area contributed by atoms with Crippen LogP contribution in [0.15, 0.2) is 24.8 Å². The van der Waals surface area contributed by atoms with Crippen molar-refractivity contribution in [2.75, 3.05) is 0 Å². The van der Waals surface area contributed by atoms with Crippen molar-refractivity contribution in [3.63, 3.8) is 0 Å². The fourth-order valence-electron chi connectivity index (χ4n) is 3.61. The highest BCUT2D eigenvalue weighted by molar-refractivity contribution is 6.74. The zero-order valence-corrected chi connectivity index (χ0v) is 20.1. The summed E-state index contributed by atoms with van der Waals surface area (Å²) in [4.78, 5) is 0. The molecule has 0 spiro atoms. The van der Waals surface area contributed by atoms with Crippen molar-refractivity contribution in [2.45, 2.75) is 103 Å². The molecule has 5 heteroatoms. The molecule has 0 radical (unpaired) electrons. The van der Waals surface area contributed by atoms with Gasteiger partial charge >= 0.3 is 7.12 Å². The molecule has 0 N–H and O–H groups in total. The molecule has 2 rings (SSSR count). The molecule has 0 unspecified atom stereocenters. The zero-order valence-electron chi connectivity index (χ0n) is 19.1. The van der Waals surface area contributed by atoms with Crippen molar-refractivity contribution in [1.82, 2.24) is 0 Å². The standard InChI is InChI=1S/C22H41BO3Si/c1-11-17-14-15-18(19(17)24-27(9,10)20(2,3)4)13-12-16-23-25-21(5,6)22(7,8)26-23/h11-13,17-19H,1,14-16H2,2-10H3/b13-12+/t17-,18+,19-/m0/s1. The van der Waals surface area contributed by atoms with E-state index >= 15 is 0 Å². The van der Waals surface area contributed by atoms with Crippen molar-refractivity contribution < 1.29 is 13.7 Å². The van der Waals surface area contributed by atoms with Crippen molar-refractivity contribution in [2.24, 2.45) is 11.8 Å². The van der Waals surface area contributed by atoms with E-state index in [1.54, 1.807) is 0 Å². The molecule has 1 aliphatic heterocycles. The summed E-state index contributed by atoms with van der Waals surface area (Å²) >= 11 is 0. The highest BCUT2D eigenvalue weighted by Gasteiger charge is 2.50. The van der Waals surface area contributed by atoms with E-state index in [2.05, 4.69) is 86.4 Å². The summed E-state index contributed by atoms with van der Waals surface area (Å²) in [6.45, 7) is 24.1. The van der Waals surface area contributed by atoms with E-state index in [0.717, 1.165) is 19.2 Å². The summed E-state index contributed by atoms with van der Waals surface area (Å²) in [5, 5.41) is 0.221. The van der Waals surface area contributed by atoms with Gasteiger partial charge in [0, 0.05) is 18.2 Å². The van der Waals surface area contributed by atoms with Crippen LogP contribution in [0.4, 0.5) is 0 Å². The van der Waals surface area contributed by atoms with E-state index in [1.165, 1.54) is 0 Å². The predicted octanol–water partition coefficient (Wildman–Crippen LogP) is 6.24. The third kappa shape index (κ3) is 4.98. The first-order valence-corrected chi connectivity index (χ1v) is 13.4. The van der Waals surface area contributed by atoms with Crippen LogP contribution in [0.3, 0.4) is 0 Å². The normalized spacial score (nSPS) is 31.0. The SMILES string of the molecule is C=C[C@H]1CC[C@@H](/C=C/CB2OC(C)(C)C(C)(C)O2)[C@H]1O[Si](C)(C)C(C)(C)C. The van der Waals surface area contributed by atoms with Gasteiger partial charge in [0.25, 0.3) is 0 Å². The molecule has 3 nitrogen and oxygen atoms in total. The van der Waals surface area contributed by atoms with Crippen LogP contribution in [0, 0.1) is 11.8 Å². The maximum Gasteiger partial charge on any atom is 0.461 e. The second kappa shape index (κ2) is 7.81. The van der Waals surface area contributed by atoms with Crippen LogP contribution < -0.4 is 0 Å². The smallest absolute Gasteiger partial charge is 0.413 e. The summed E-state index contributed by atoms with van der Waals surface area (Å²) in [5.41, 5.74) is -0.526. The molecule has 2 aliphatic rings. The van der Waals surface area contributed by atoms with Crippen molar-refractivity contribution in [3.8, 4) is 0 Å². The van der Waals surface area contributed by atoms with E-state index in [-0.39, 0.29) is 29.5 Å². The van der Waals surface area contributed by atoms with Crippen LogP contribution in [0.5, 0.6) is 0 Å². The predicted molar refractivity (Wildman–Crippen MR) is 119 cm³/mol. The molecule has 0 bridgehead atoms. The third-order valence-corrected chi connectivity index (χ3v) is 11.7. The molecule has 154 valence electrons. The van der Waals surface area contributed by atoms with Crippen LogP contribution >= 0.6 is 0 Å². The lowest BCUT2D eigenvalue weighted by Crippen LogP contribution is -2.46. The molecular formula is C22H41BO3Si. The Kier molecular flexibility index (Phi) is 6.63. The Balaban J connectivity index is 2.02. The van der Waals surface area contributed by atoms with Crippen LogP contribution in [-0.4, -0.2) is 32.7 Å². The van der Waals surface area contributed by atoms with E-state index in [1.807, 2.05) is 0 Å². The lowest BCUT2D eigenvalue weighted by molar-refractivity contribution is 0.00578. The fraction of sp³-hybridized carbons (Fsp3) is 0.818. The van der Waals surface area contributed by atoms with Gasteiger partial charge in [-0.15, -0.1) is 6.58 Å². The van der Waals surface area contributed by atoms with Gasteiger partial charge in [0.1, 0.15) is 0 Å². The van der Waals surface area contributed by atoms with Gasteiger partial charge in [-0.05, 0) is 58.7 Å². The first-order chi connectivity index (χ1) is 12.2. The Morgan fingerprint density at radius 1 is 1.07 bits per heavy atom. The van der Waals surface area contributed by atoms with Gasteiger partial charge < -0.3 is 13.7 Å². The van der Waals surface area contributed by atoms with Gasteiger partial charge in [0.2, 0.25) is 0 Å². The van der Waals surface area contributed by atoms with Crippen molar-refractivity contribution >= 4 is 15.4 Å². The monoisotopic (exact) mass is 392 g/mol. The average molecular weight is 392 g/mol. The average Bonchev–Trinajstić information content (AvgIpc) is 2.95. The molecule has 0 aromatic rings. The van der Waals surface area contributed by atoms with Gasteiger partial charge in [0.15, 0.2) is 8.32 Å². The number of allylic oxidation sites excluding steroid dienone is 1. The second-order valence-electron chi connectivity index (χ2n) is 10.8. The largest absolute Gasteiger partial charge is 0.461 e. The van der Waals surface area contributed by atoms with Crippen molar-refractivity contribution in [1.29, 1.82) is 0 Å². The van der Waals surface area contributed by atoms with Gasteiger partial charge in [-0.25, -0.2) is 0 Å². The first-order valence-electron chi connectivity index (χ1n) is 10.5. The molecule has 0 aromatic carbocycles. The molecule has 0 amide bonds. The van der Waals surface area contributed by atoms with Crippen LogP contribution in [-0.2, 0) is 13.7 Å². The molecule has 1 saturated heterocycles. The Morgan fingerprint density at radius 2 is 1.59 bits per heavy atom. The van der Waals surface area contributed by atoms with Crippen LogP contribution in [0.25, 0.3) is 0 Å². The summed E-state index contributed by atoms with van der Waals surface area (Å²) in [6, 6.07) is 0. The Morgan fingerprint density at radius 3 is 2.07 bits per heavy atom. The Hall–Kier alpha value is -0.358. The molecule has 1 saturated carbocycles. The van der Waals surface area contributed by atoms with Gasteiger partial charge in [-0.1, -0.05) is 39.0 Å². The van der Waals surface area contributed by atoms with Gasteiger partial charge in [0.05, 0.1) is 17.3 Å². The number of rotatable bonds is 6. The highest BCUT2D eigenvalue weighted by atomic mass is 28.4. The third-order valence-electron chi connectivity index (χ3n) is 7.23. The lowest BCUT2D eigenvalue weighted by atomic mass is 9.84. The summed E-state index contributed by atoms with van der Waals surface area (Å²) in [5.74, 6) is 0.898. The van der Waals surface area contributed by atoms with E-state index in [4.69, 9.17) is 13.7 Å². The number of hydrogen-bond donors (Lipinski definition) is 0. The first kappa shape index (κ1) is 22.9. The quantitative estimate of drug-likeness (QED) is 0.396. The lowest BCUT2D eigenvalue weighted by Gasteiger charge is -2.40. The molecule has 1 heterocycles. The summed E-state index contributed by atoms with van der Waals surface area (Å²) < 4.78 is 19.0. The molecule has 27 heavy (non-hydrogen) atoms. The maximum absolute atomic E-state index is 6.82. The van der Waals surface area contributed by atoms with Crippen molar-refractivity contribution in [3.05, 3.63) is 24.8 Å². The van der Waals surface area contributed by atoms with Gasteiger partial charge in [-0.3, -0.25) is 0 Å². The number of hydrogen-bond acceptors (Lipinski definition) is 3. The zero-order chi connectivity index (χ0) is 20.7. The van der Waals surface area contributed by atoms with E-state index < -0.39 is 8.32 Å².